The van der Waals surface area contributed by atoms with Gasteiger partial charge in [0, 0.05) is 18.3 Å². The van der Waals surface area contributed by atoms with Crippen molar-refractivity contribution in [3.63, 3.8) is 0 Å². The van der Waals surface area contributed by atoms with Gasteiger partial charge in [-0.25, -0.2) is 13.8 Å². The van der Waals surface area contributed by atoms with Crippen molar-refractivity contribution in [3.05, 3.63) is 60.3 Å². The number of nitrogens with one attached hydrogen (secondary N) is 2. The van der Waals surface area contributed by atoms with E-state index in [1.807, 2.05) is 0 Å². The SMILES string of the molecule is C[C@@H](CO)Nc1nc(Nc2c(F)cccc2F)cc(-c2ccccn2)n1. The number of pyridine rings is 1. The molecule has 2 aromatic heterocycles. The molecular formula is C18H17F2N5O. The lowest BCUT2D eigenvalue weighted by molar-refractivity contribution is 0.281. The van der Waals surface area contributed by atoms with E-state index in [2.05, 4.69) is 25.6 Å². The Morgan fingerprint density at radius 2 is 1.81 bits per heavy atom. The van der Waals surface area contributed by atoms with Crippen molar-refractivity contribution in [3.8, 4) is 11.4 Å². The Kier molecular flexibility index (Phi) is 5.33. The predicted molar refractivity (Wildman–Crippen MR) is 95.1 cm³/mol. The third-order valence-corrected chi connectivity index (χ3v) is 3.52. The van der Waals surface area contributed by atoms with Crippen molar-refractivity contribution in [1.82, 2.24) is 15.0 Å². The van der Waals surface area contributed by atoms with Gasteiger partial charge in [0.1, 0.15) is 23.1 Å². The molecule has 134 valence electrons. The lowest BCUT2D eigenvalue weighted by atomic mass is 10.2. The average molecular weight is 357 g/mol. The second kappa shape index (κ2) is 7.83. The van der Waals surface area contributed by atoms with Crippen LogP contribution in [0.2, 0.25) is 0 Å². The summed E-state index contributed by atoms with van der Waals surface area (Å²) in [7, 11) is 0. The summed E-state index contributed by atoms with van der Waals surface area (Å²) in [6.07, 6.45) is 1.62. The van der Waals surface area contributed by atoms with Crippen LogP contribution >= 0.6 is 0 Å². The van der Waals surface area contributed by atoms with Gasteiger partial charge >= 0.3 is 0 Å². The number of aliphatic hydroxyl groups is 1. The standard InChI is InChI=1S/C18H17F2N5O/c1-11(10-26)22-18-23-15(14-7-2-3-8-21-14)9-16(25-18)24-17-12(19)5-4-6-13(17)20/h2-9,11,26H,10H2,1H3,(H2,22,23,24,25)/t11-/m0/s1. The van der Waals surface area contributed by atoms with Crippen LogP contribution in [0.5, 0.6) is 0 Å². The fourth-order valence-electron chi connectivity index (χ4n) is 2.23. The highest BCUT2D eigenvalue weighted by Crippen LogP contribution is 2.25. The fourth-order valence-corrected chi connectivity index (χ4v) is 2.23. The monoisotopic (exact) mass is 357 g/mol. The molecule has 0 bridgehead atoms. The summed E-state index contributed by atoms with van der Waals surface area (Å²) < 4.78 is 27.8. The molecule has 0 aliphatic heterocycles. The molecular weight excluding hydrogens is 340 g/mol. The molecule has 0 saturated heterocycles. The van der Waals surface area contributed by atoms with Gasteiger partial charge in [0.15, 0.2) is 0 Å². The number of hydrogen-bond donors (Lipinski definition) is 3. The molecule has 6 nitrogen and oxygen atoms in total. The second-order valence-electron chi connectivity index (χ2n) is 5.63. The van der Waals surface area contributed by atoms with Crippen molar-refractivity contribution < 1.29 is 13.9 Å². The Bertz CT molecular complexity index is 872. The van der Waals surface area contributed by atoms with Gasteiger partial charge < -0.3 is 15.7 Å². The number of benzene rings is 1. The second-order valence-corrected chi connectivity index (χ2v) is 5.63. The minimum Gasteiger partial charge on any atom is -0.394 e. The van der Waals surface area contributed by atoms with E-state index in [0.717, 1.165) is 12.1 Å². The Balaban J connectivity index is 2.02. The molecule has 1 atom stereocenters. The van der Waals surface area contributed by atoms with Gasteiger partial charge in [-0.3, -0.25) is 4.98 Å². The molecule has 8 heteroatoms. The van der Waals surface area contributed by atoms with Crippen LogP contribution in [-0.4, -0.2) is 32.7 Å². The maximum Gasteiger partial charge on any atom is 0.225 e. The molecule has 0 fully saturated rings. The van der Waals surface area contributed by atoms with Crippen molar-refractivity contribution in [1.29, 1.82) is 0 Å². The number of aliphatic hydroxyl groups excluding tert-OH is 1. The fraction of sp³-hybridized carbons (Fsp3) is 0.167. The van der Waals surface area contributed by atoms with E-state index in [9.17, 15) is 13.9 Å². The van der Waals surface area contributed by atoms with Gasteiger partial charge in [0.05, 0.1) is 18.0 Å². The normalized spacial score (nSPS) is 11.8. The molecule has 1 aromatic carbocycles. The molecule has 26 heavy (non-hydrogen) atoms. The highest BCUT2D eigenvalue weighted by atomic mass is 19.1. The van der Waals surface area contributed by atoms with E-state index in [-0.39, 0.29) is 30.1 Å². The molecule has 0 radical (unpaired) electrons. The zero-order chi connectivity index (χ0) is 18.5. The first-order chi connectivity index (χ1) is 12.6. The van der Waals surface area contributed by atoms with Gasteiger partial charge in [-0.2, -0.15) is 4.98 Å². The highest BCUT2D eigenvalue weighted by Gasteiger charge is 2.13. The first kappa shape index (κ1) is 17.7. The lowest BCUT2D eigenvalue weighted by Gasteiger charge is -2.14. The van der Waals surface area contributed by atoms with E-state index >= 15 is 0 Å². The minimum atomic E-state index is -0.735. The molecule has 0 spiro atoms. The number of hydrogen-bond acceptors (Lipinski definition) is 6. The van der Waals surface area contributed by atoms with Crippen molar-refractivity contribution in [2.75, 3.05) is 17.2 Å². The third kappa shape index (κ3) is 4.09. The van der Waals surface area contributed by atoms with Crippen LogP contribution in [0.3, 0.4) is 0 Å². The zero-order valence-corrected chi connectivity index (χ0v) is 13.9. The maximum absolute atomic E-state index is 13.9. The number of halogens is 2. The van der Waals surface area contributed by atoms with Crippen LogP contribution in [-0.2, 0) is 0 Å². The summed E-state index contributed by atoms with van der Waals surface area (Å²) in [4.78, 5) is 12.8. The quantitative estimate of drug-likeness (QED) is 0.628. The molecule has 0 amide bonds. The van der Waals surface area contributed by atoms with Gasteiger partial charge in [-0.05, 0) is 31.2 Å². The number of para-hydroxylation sites is 1. The largest absolute Gasteiger partial charge is 0.394 e. The van der Waals surface area contributed by atoms with Crippen LogP contribution in [0.4, 0.5) is 26.2 Å². The Hall–Kier alpha value is -3.13. The van der Waals surface area contributed by atoms with E-state index in [1.165, 1.54) is 6.07 Å². The molecule has 0 unspecified atom stereocenters. The van der Waals surface area contributed by atoms with Crippen molar-refractivity contribution in [2.45, 2.75) is 13.0 Å². The minimum absolute atomic E-state index is 0.123. The number of rotatable bonds is 6. The van der Waals surface area contributed by atoms with Gasteiger partial charge in [-0.1, -0.05) is 12.1 Å². The van der Waals surface area contributed by atoms with Crippen LogP contribution in [0.1, 0.15) is 6.92 Å². The molecule has 0 aliphatic carbocycles. The number of anilines is 3. The summed E-state index contributed by atoms with van der Waals surface area (Å²) in [5.74, 6) is -1.08. The van der Waals surface area contributed by atoms with Gasteiger partial charge in [-0.15, -0.1) is 0 Å². The first-order valence-corrected chi connectivity index (χ1v) is 7.95. The topological polar surface area (TPSA) is 83.0 Å². The smallest absolute Gasteiger partial charge is 0.225 e. The summed E-state index contributed by atoms with van der Waals surface area (Å²) in [5.41, 5.74) is 0.735. The van der Waals surface area contributed by atoms with Crippen LogP contribution in [0.15, 0.2) is 48.7 Å². The van der Waals surface area contributed by atoms with E-state index in [4.69, 9.17) is 0 Å². The highest BCUT2D eigenvalue weighted by molar-refractivity contribution is 5.65. The molecule has 0 saturated carbocycles. The van der Waals surface area contributed by atoms with E-state index in [1.54, 1.807) is 37.4 Å². The van der Waals surface area contributed by atoms with Gasteiger partial charge in [0.25, 0.3) is 0 Å². The number of aromatic nitrogens is 3. The van der Waals surface area contributed by atoms with Crippen LogP contribution < -0.4 is 10.6 Å². The Morgan fingerprint density at radius 3 is 2.46 bits per heavy atom. The molecule has 2 heterocycles. The lowest BCUT2D eigenvalue weighted by Crippen LogP contribution is -2.21. The average Bonchev–Trinajstić information content (AvgIpc) is 2.65. The first-order valence-electron chi connectivity index (χ1n) is 7.95. The summed E-state index contributed by atoms with van der Waals surface area (Å²) in [6.45, 7) is 1.63. The zero-order valence-electron chi connectivity index (χ0n) is 13.9. The molecule has 3 aromatic rings. The summed E-state index contributed by atoms with van der Waals surface area (Å²) in [5, 5.41) is 14.8. The van der Waals surface area contributed by atoms with E-state index in [0.29, 0.717) is 11.4 Å². The Morgan fingerprint density at radius 1 is 1.04 bits per heavy atom. The molecule has 0 aliphatic rings. The molecule has 3 rings (SSSR count). The molecule has 3 N–H and O–H groups in total. The van der Waals surface area contributed by atoms with Gasteiger partial charge in [0.2, 0.25) is 5.95 Å². The van der Waals surface area contributed by atoms with Crippen LogP contribution in [0.25, 0.3) is 11.4 Å². The third-order valence-electron chi connectivity index (χ3n) is 3.52. The summed E-state index contributed by atoms with van der Waals surface area (Å²) in [6, 6.07) is 10.2. The van der Waals surface area contributed by atoms with E-state index < -0.39 is 11.6 Å². The predicted octanol–water partition coefficient (Wildman–Crippen LogP) is 3.35. The number of nitrogens with zero attached hydrogens (tertiary/aromatic N) is 3. The summed E-state index contributed by atoms with van der Waals surface area (Å²) >= 11 is 0. The van der Waals surface area contributed by atoms with Crippen molar-refractivity contribution >= 4 is 17.5 Å². The van der Waals surface area contributed by atoms with Crippen LogP contribution in [0, 0.1) is 11.6 Å². The Labute approximate surface area is 149 Å². The maximum atomic E-state index is 13.9. The van der Waals surface area contributed by atoms with Crippen molar-refractivity contribution in [2.24, 2.45) is 0 Å².